The highest BCUT2D eigenvalue weighted by Crippen LogP contribution is 2.22. The number of carbonyl (C=O) groups excluding carboxylic acids is 2. The number of amides is 2. The van der Waals surface area contributed by atoms with Crippen LogP contribution in [0.2, 0.25) is 0 Å². The predicted molar refractivity (Wildman–Crippen MR) is 81.0 cm³/mol. The highest BCUT2D eigenvalue weighted by Gasteiger charge is 2.10. The molecule has 2 rings (SSSR count). The molecule has 1 aromatic heterocycles. The van der Waals surface area contributed by atoms with Gasteiger partial charge in [0.2, 0.25) is 0 Å². The van der Waals surface area contributed by atoms with E-state index in [1.54, 1.807) is 24.5 Å². The van der Waals surface area contributed by atoms with Gasteiger partial charge in [-0.3, -0.25) is 14.6 Å². The van der Waals surface area contributed by atoms with Crippen LogP contribution in [0.5, 0.6) is 5.75 Å². The number of pyridine rings is 1. The number of nitrogens with two attached hydrogens (primary N) is 2. The third-order valence-corrected chi connectivity index (χ3v) is 2.82. The molecule has 0 aliphatic carbocycles. The molecule has 0 atom stereocenters. The maximum Gasteiger partial charge on any atom is 0.255 e. The Balaban J connectivity index is 2.03. The van der Waals surface area contributed by atoms with Gasteiger partial charge < -0.3 is 21.5 Å². The first-order valence-electron chi connectivity index (χ1n) is 6.54. The van der Waals surface area contributed by atoms with E-state index in [4.69, 9.17) is 16.2 Å². The number of carbonyl (C=O) groups is 2. The van der Waals surface area contributed by atoms with E-state index >= 15 is 0 Å². The number of hydrogen-bond acceptors (Lipinski definition) is 5. The Hall–Kier alpha value is -3.09. The molecule has 7 nitrogen and oxygen atoms in total. The number of primary amides is 1. The molecule has 2 aromatic rings. The second kappa shape index (κ2) is 7.07. The zero-order chi connectivity index (χ0) is 15.9. The first-order valence-corrected chi connectivity index (χ1v) is 6.54. The van der Waals surface area contributed by atoms with Crippen LogP contribution in [-0.4, -0.2) is 23.4 Å². The largest absolute Gasteiger partial charge is 0.482 e. The van der Waals surface area contributed by atoms with Crippen LogP contribution in [0.3, 0.4) is 0 Å². The van der Waals surface area contributed by atoms with Crippen molar-refractivity contribution in [1.29, 1.82) is 0 Å². The monoisotopic (exact) mass is 300 g/mol. The molecule has 2 amide bonds. The topological polar surface area (TPSA) is 120 Å². The number of benzene rings is 1. The van der Waals surface area contributed by atoms with E-state index in [-0.39, 0.29) is 18.3 Å². The van der Waals surface area contributed by atoms with Gasteiger partial charge >= 0.3 is 0 Å². The fraction of sp³-hybridized carbons (Fsp3) is 0.133. The highest BCUT2D eigenvalue weighted by atomic mass is 16.5. The minimum absolute atomic E-state index is 0.243. The van der Waals surface area contributed by atoms with Crippen molar-refractivity contribution in [3.63, 3.8) is 0 Å². The molecule has 0 unspecified atom stereocenters. The van der Waals surface area contributed by atoms with Crippen molar-refractivity contribution in [3.05, 3.63) is 53.9 Å². The molecule has 7 heteroatoms. The van der Waals surface area contributed by atoms with Gasteiger partial charge in [0.05, 0.1) is 5.69 Å². The lowest BCUT2D eigenvalue weighted by molar-refractivity contribution is -0.119. The molecule has 0 spiro atoms. The summed E-state index contributed by atoms with van der Waals surface area (Å²) in [4.78, 5) is 26.8. The van der Waals surface area contributed by atoms with Crippen LogP contribution in [0.1, 0.15) is 15.9 Å². The van der Waals surface area contributed by atoms with Gasteiger partial charge in [-0.15, -0.1) is 0 Å². The van der Waals surface area contributed by atoms with Gasteiger partial charge in [-0.05, 0) is 29.8 Å². The fourth-order valence-corrected chi connectivity index (χ4v) is 1.74. The summed E-state index contributed by atoms with van der Waals surface area (Å²) in [7, 11) is 0. The second-order valence-corrected chi connectivity index (χ2v) is 4.55. The van der Waals surface area contributed by atoms with Crippen LogP contribution in [0.25, 0.3) is 0 Å². The number of ether oxygens (including phenoxy) is 1. The molecule has 5 N–H and O–H groups in total. The first kappa shape index (κ1) is 15.3. The summed E-state index contributed by atoms with van der Waals surface area (Å²) in [5, 5.41) is 2.76. The molecule has 0 aliphatic heterocycles. The lowest BCUT2D eigenvalue weighted by Gasteiger charge is -2.10. The Labute approximate surface area is 127 Å². The average molecular weight is 300 g/mol. The Bertz CT molecular complexity index is 674. The summed E-state index contributed by atoms with van der Waals surface area (Å²) in [6.07, 6.45) is 3.33. The minimum Gasteiger partial charge on any atom is -0.482 e. The number of anilines is 1. The van der Waals surface area contributed by atoms with E-state index in [1.165, 1.54) is 12.1 Å². The lowest BCUT2D eigenvalue weighted by Crippen LogP contribution is -2.23. The molecular weight excluding hydrogens is 284 g/mol. The van der Waals surface area contributed by atoms with Crippen molar-refractivity contribution in [3.8, 4) is 5.75 Å². The highest BCUT2D eigenvalue weighted by molar-refractivity contribution is 5.95. The predicted octanol–water partition coefficient (Wildman–Crippen LogP) is 0.458. The van der Waals surface area contributed by atoms with Gasteiger partial charge in [-0.2, -0.15) is 0 Å². The van der Waals surface area contributed by atoms with Crippen LogP contribution >= 0.6 is 0 Å². The lowest BCUT2D eigenvalue weighted by atomic mass is 10.1. The van der Waals surface area contributed by atoms with Gasteiger partial charge in [0.15, 0.2) is 6.61 Å². The fourth-order valence-electron chi connectivity index (χ4n) is 1.74. The van der Waals surface area contributed by atoms with E-state index in [1.807, 2.05) is 6.07 Å². The number of rotatable bonds is 6. The molecule has 0 saturated heterocycles. The molecule has 0 bridgehead atoms. The molecular formula is C15H16N4O3. The van der Waals surface area contributed by atoms with Crippen molar-refractivity contribution in [2.45, 2.75) is 6.54 Å². The van der Waals surface area contributed by atoms with Crippen LogP contribution in [0.4, 0.5) is 5.69 Å². The van der Waals surface area contributed by atoms with Crippen molar-refractivity contribution in [1.82, 2.24) is 10.3 Å². The molecule has 1 aromatic carbocycles. The Morgan fingerprint density at radius 3 is 2.77 bits per heavy atom. The normalized spacial score (nSPS) is 10.0. The maximum atomic E-state index is 12.1. The average Bonchev–Trinajstić information content (AvgIpc) is 2.52. The summed E-state index contributed by atoms with van der Waals surface area (Å²) in [5.74, 6) is -0.661. The number of hydrogen-bond donors (Lipinski definition) is 3. The van der Waals surface area contributed by atoms with Gasteiger partial charge in [0, 0.05) is 24.5 Å². The Morgan fingerprint density at radius 2 is 2.09 bits per heavy atom. The zero-order valence-electron chi connectivity index (χ0n) is 11.8. The number of nitrogen functional groups attached to an aromatic ring is 1. The summed E-state index contributed by atoms with van der Waals surface area (Å²) < 4.78 is 5.16. The molecule has 1 heterocycles. The van der Waals surface area contributed by atoms with E-state index in [9.17, 15) is 9.59 Å². The third kappa shape index (κ3) is 4.20. The van der Waals surface area contributed by atoms with Crippen LogP contribution in [0.15, 0.2) is 42.7 Å². The number of nitrogens with one attached hydrogen (secondary N) is 1. The van der Waals surface area contributed by atoms with Crippen molar-refractivity contribution in [2.24, 2.45) is 5.73 Å². The van der Waals surface area contributed by atoms with Gasteiger partial charge in [0.1, 0.15) is 5.75 Å². The summed E-state index contributed by atoms with van der Waals surface area (Å²) in [6.45, 7) is 0.0550. The first-order chi connectivity index (χ1) is 10.6. The quantitative estimate of drug-likeness (QED) is 0.669. The Kier molecular flexibility index (Phi) is 4.92. The standard InChI is InChI=1S/C15H16N4O3/c16-12-4-3-11(6-13(12)22-9-14(17)20)15(21)19-8-10-2-1-5-18-7-10/h1-7H,8-9,16H2,(H2,17,20)(H,19,21). The van der Waals surface area contributed by atoms with Crippen LogP contribution in [0, 0.1) is 0 Å². The molecule has 0 radical (unpaired) electrons. The third-order valence-electron chi connectivity index (χ3n) is 2.82. The number of nitrogens with zero attached hydrogens (tertiary/aromatic N) is 1. The van der Waals surface area contributed by atoms with E-state index in [2.05, 4.69) is 10.3 Å². The van der Waals surface area contributed by atoms with Crippen molar-refractivity contribution >= 4 is 17.5 Å². The molecule has 114 valence electrons. The molecule has 0 saturated carbocycles. The minimum atomic E-state index is -0.620. The van der Waals surface area contributed by atoms with E-state index < -0.39 is 5.91 Å². The van der Waals surface area contributed by atoms with Crippen molar-refractivity contribution < 1.29 is 14.3 Å². The number of aromatic nitrogens is 1. The maximum absolute atomic E-state index is 12.1. The van der Waals surface area contributed by atoms with Crippen molar-refractivity contribution in [2.75, 3.05) is 12.3 Å². The molecule has 22 heavy (non-hydrogen) atoms. The summed E-state index contributed by atoms with van der Waals surface area (Å²) >= 11 is 0. The summed E-state index contributed by atoms with van der Waals surface area (Å²) in [6, 6.07) is 8.23. The van der Waals surface area contributed by atoms with Gasteiger partial charge in [0.25, 0.3) is 11.8 Å². The smallest absolute Gasteiger partial charge is 0.255 e. The molecule has 0 fully saturated rings. The summed E-state index contributed by atoms with van der Waals surface area (Å²) in [5.41, 5.74) is 12.3. The second-order valence-electron chi connectivity index (χ2n) is 4.55. The van der Waals surface area contributed by atoms with Gasteiger partial charge in [-0.1, -0.05) is 6.07 Å². The van der Waals surface area contributed by atoms with E-state index in [0.29, 0.717) is 17.8 Å². The van der Waals surface area contributed by atoms with Crippen LogP contribution < -0.4 is 21.5 Å². The van der Waals surface area contributed by atoms with Gasteiger partial charge in [-0.25, -0.2) is 0 Å². The molecule has 0 aliphatic rings. The SMILES string of the molecule is NC(=O)COc1cc(C(=O)NCc2cccnc2)ccc1N. The van der Waals surface area contributed by atoms with E-state index in [0.717, 1.165) is 5.56 Å². The Morgan fingerprint density at radius 1 is 1.27 bits per heavy atom. The van der Waals surface area contributed by atoms with Crippen LogP contribution in [-0.2, 0) is 11.3 Å². The zero-order valence-corrected chi connectivity index (χ0v) is 11.8.